The number of amides is 1. The van der Waals surface area contributed by atoms with Crippen molar-refractivity contribution in [1.82, 2.24) is 4.98 Å². The summed E-state index contributed by atoms with van der Waals surface area (Å²) in [5.74, 6) is -3.74. The highest BCUT2D eigenvalue weighted by molar-refractivity contribution is 7.86. The van der Waals surface area contributed by atoms with Gasteiger partial charge in [0.05, 0.1) is 11.9 Å². The molecule has 0 aliphatic carbocycles. The SMILES string of the molecule is O=C(O)c1cnc(N2CC(CS(=O)(=O)F)CC2=O)o1. The average molecular weight is 292 g/mol. The van der Waals surface area contributed by atoms with Crippen LogP contribution in [0.4, 0.5) is 9.90 Å². The molecule has 2 heterocycles. The van der Waals surface area contributed by atoms with Crippen LogP contribution in [0, 0.1) is 5.92 Å². The van der Waals surface area contributed by atoms with Crippen LogP contribution < -0.4 is 4.90 Å². The number of anilines is 1. The number of carbonyl (C=O) groups excluding carboxylic acids is 1. The quantitative estimate of drug-likeness (QED) is 0.777. The fraction of sp³-hybridized carbons (Fsp3) is 0.444. The van der Waals surface area contributed by atoms with Gasteiger partial charge in [-0.05, 0) is 0 Å². The minimum absolute atomic E-state index is 0.0818. The van der Waals surface area contributed by atoms with Crippen molar-refractivity contribution < 1.29 is 31.4 Å². The molecule has 1 saturated heterocycles. The molecule has 0 aromatic carbocycles. The Kier molecular flexibility index (Phi) is 3.27. The summed E-state index contributed by atoms with van der Waals surface area (Å²) >= 11 is 0. The zero-order chi connectivity index (χ0) is 14.2. The first-order valence-corrected chi connectivity index (χ1v) is 6.73. The number of aromatic nitrogens is 1. The topological polar surface area (TPSA) is 118 Å². The van der Waals surface area contributed by atoms with Crippen molar-refractivity contribution in [3.63, 3.8) is 0 Å². The summed E-state index contributed by atoms with van der Waals surface area (Å²) < 4.78 is 38.4. The minimum Gasteiger partial charge on any atom is -0.475 e. The highest BCUT2D eigenvalue weighted by Gasteiger charge is 2.36. The van der Waals surface area contributed by atoms with Crippen LogP contribution in [0.15, 0.2) is 10.6 Å². The first-order chi connectivity index (χ1) is 8.76. The molecule has 1 fully saturated rings. The van der Waals surface area contributed by atoms with E-state index in [1.807, 2.05) is 0 Å². The van der Waals surface area contributed by atoms with E-state index < -0.39 is 39.5 Å². The van der Waals surface area contributed by atoms with E-state index >= 15 is 0 Å². The fourth-order valence-corrected chi connectivity index (χ4v) is 2.63. The maximum atomic E-state index is 12.5. The molecule has 0 saturated carbocycles. The zero-order valence-electron chi connectivity index (χ0n) is 9.45. The molecule has 104 valence electrons. The van der Waals surface area contributed by atoms with E-state index in [1.54, 1.807) is 0 Å². The monoisotopic (exact) mass is 292 g/mol. The zero-order valence-corrected chi connectivity index (χ0v) is 10.3. The van der Waals surface area contributed by atoms with Gasteiger partial charge in [0, 0.05) is 18.9 Å². The first-order valence-electron chi connectivity index (χ1n) is 5.18. The lowest BCUT2D eigenvalue weighted by molar-refractivity contribution is -0.117. The van der Waals surface area contributed by atoms with Gasteiger partial charge in [0.25, 0.3) is 0 Å². The predicted octanol–water partition coefficient (Wildman–Crippen LogP) is 0.0250. The van der Waals surface area contributed by atoms with E-state index in [-0.39, 0.29) is 19.0 Å². The number of nitrogens with zero attached hydrogens (tertiary/aromatic N) is 2. The van der Waals surface area contributed by atoms with Crippen LogP contribution in [0.1, 0.15) is 17.0 Å². The number of hydrogen-bond donors (Lipinski definition) is 1. The Hall–Kier alpha value is -1.97. The molecule has 1 aliphatic heterocycles. The number of rotatable bonds is 4. The fourth-order valence-electron chi connectivity index (χ4n) is 1.85. The van der Waals surface area contributed by atoms with Crippen LogP contribution in [-0.2, 0) is 15.0 Å². The van der Waals surface area contributed by atoms with E-state index in [1.165, 1.54) is 0 Å². The van der Waals surface area contributed by atoms with Crippen LogP contribution in [0.25, 0.3) is 0 Å². The number of carboxylic acids is 1. The molecule has 0 bridgehead atoms. The van der Waals surface area contributed by atoms with Crippen molar-refractivity contribution >= 4 is 28.1 Å². The van der Waals surface area contributed by atoms with Crippen molar-refractivity contribution in [2.75, 3.05) is 17.2 Å². The van der Waals surface area contributed by atoms with Gasteiger partial charge in [-0.1, -0.05) is 0 Å². The lowest BCUT2D eigenvalue weighted by atomic mass is 10.1. The maximum absolute atomic E-state index is 12.5. The second kappa shape index (κ2) is 4.61. The Labute approximate surface area is 107 Å². The Morgan fingerprint density at radius 3 is 2.84 bits per heavy atom. The molecule has 1 N–H and O–H groups in total. The lowest BCUT2D eigenvalue weighted by Gasteiger charge is -2.10. The Morgan fingerprint density at radius 2 is 2.32 bits per heavy atom. The van der Waals surface area contributed by atoms with Gasteiger partial charge in [-0.3, -0.25) is 9.69 Å². The van der Waals surface area contributed by atoms with Gasteiger partial charge in [-0.25, -0.2) is 9.78 Å². The van der Waals surface area contributed by atoms with Gasteiger partial charge in [0.1, 0.15) is 0 Å². The van der Waals surface area contributed by atoms with E-state index in [0.29, 0.717) is 0 Å². The van der Waals surface area contributed by atoms with Crippen molar-refractivity contribution in [3.8, 4) is 0 Å². The van der Waals surface area contributed by atoms with E-state index in [4.69, 9.17) is 9.52 Å². The van der Waals surface area contributed by atoms with E-state index in [0.717, 1.165) is 11.1 Å². The van der Waals surface area contributed by atoms with E-state index in [9.17, 15) is 21.9 Å². The molecule has 1 aromatic heterocycles. The molecule has 0 radical (unpaired) electrons. The summed E-state index contributed by atoms with van der Waals surface area (Å²) in [6.45, 7) is -0.0818. The van der Waals surface area contributed by atoms with Gasteiger partial charge < -0.3 is 9.52 Å². The second-order valence-corrected chi connectivity index (χ2v) is 5.50. The van der Waals surface area contributed by atoms with Gasteiger partial charge in [0.15, 0.2) is 0 Å². The normalized spacial score (nSPS) is 19.9. The summed E-state index contributed by atoms with van der Waals surface area (Å²) in [6, 6.07) is -0.235. The van der Waals surface area contributed by atoms with Gasteiger partial charge in [-0.2, -0.15) is 8.42 Å². The van der Waals surface area contributed by atoms with Crippen LogP contribution in [0.5, 0.6) is 0 Å². The first kappa shape index (κ1) is 13.5. The number of carbonyl (C=O) groups is 2. The second-order valence-electron chi connectivity index (χ2n) is 4.09. The molecular formula is C9H9FN2O6S. The molecule has 0 spiro atoms. The summed E-state index contributed by atoms with van der Waals surface area (Å²) in [5, 5.41) is 8.65. The van der Waals surface area contributed by atoms with Gasteiger partial charge >= 0.3 is 22.2 Å². The highest BCUT2D eigenvalue weighted by Crippen LogP contribution is 2.25. The minimum atomic E-state index is -4.67. The smallest absolute Gasteiger partial charge is 0.373 e. The molecular weight excluding hydrogens is 283 g/mol. The van der Waals surface area contributed by atoms with Crippen LogP contribution >= 0.6 is 0 Å². The molecule has 19 heavy (non-hydrogen) atoms. The lowest BCUT2D eigenvalue weighted by Crippen LogP contribution is -2.25. The maximum Gasteiger partial charge on any atom is 0.373 e. The molecule has 1 unspecified atom stereocenters. The molecule has 1 amide bonds. The highest BCUT2D eigenvalue weighted by atomic mass is 32.3. The summed E-state index contributed by atoms with van der Waals surface area (Å²) in [5.41, 5.74) is 0. The van der Waals surface area contributed by atoms with Gasteiger partial charge in [0.2, 0.25) is 11.7 Å². The molecule has 10 heteroatoms. The van der Waals surface area contributed by atoms with Crippen molar-refractivity contribution in [3.05, 3.63) is 12.0 Å². The Bertz CT molecular complexity index is 624. The molecule has 1 aliphatic rings. The van der Waals surface area contributed by atoms with E-state index in [2.05, 4.69) is 4.98 Å². The van der Waals surface area contributed by atoms with Crippen molar-refractivity contribution in [2.45, 2.75) is 6.42 Å². The molecule has 1 aromatic rings. The number of aromatic carboxylic acids is 1. The Morgan fingerprint density at radius 1 is 1.63 bits per heavy atom. The number of hydrogen-bond acceptors (Lipinski definition) is 6. The third-order valence-electron chi connectivity index (χ3n) is 2.58. The standard InChI is InChI=1S/C9H9FN2O6S/c10-19(16,17)4-5-1-7(13)12(3-5)9-11-2-6(18-9)8(14)15/h2,5H,1,3-4H2,(H,14,15). The van der Waals surface area contributed by atoms with Crippen molar-refractivity contribution in [1.29, 1.82) is 0 Å². The number of oxazole rings is 1. The average Bonchev–Trinajstić information content (AvgIpc) is 2.82. The van der Waals surface area contributed by atoms with Gasteiger partial charge in [-0.15, -0.1) is 3.89 Å². The summed E-state index contributed by atoms with van der Waals surface area (Å²) in [6.07, 6.45) is 0.776. The van der Waals surface area contributed by atoms with Crippen LogP contribution in [0.3, 0.4) is 0 Å². The predicted molar refractivity (Wildman–Crippen MR) is 58.8 cm³/mol. The summed E-state index contributed by atoms with van der Waals surface area (Å²) in [4.78, 5) is 26.8. The number of halogens is 1. The van der Waals surface area contributed by atoms with Crippen LogP contribution in [-0.4, -0.2) is 42.7 Å². The third kappa shape index (κ3) is 3.08. The molecule has 8 nitrogen and oxygen atoms in total. The summed E-state index contributed by atoms with van der Waals surface area (Å²) in [7, 11) is -4.67. The largest absolute Gasteiger partial charge is 0.475 e. The Balaban J connectivity index is 2.13. The van der Waals surface area contributed by atoms with Crippen molar-refractivity contribution in [2.24, 2.45) is 5.92 Å². The third-order valence-corrected chi connectivity index (χ3v) is 3.44. The molecule has 2 rings (SSSR count). The van der Waals surface area contributed by atoms with Crippen LogP contribution in [0.2, 0.25) is 0 Å². The number of carboxylic acid groups (broad SMARTS) is 1. The molecule has 1 atom stereocenters.